The molecule has 27 heavy (non-hydrogen) atoms. The molecule has 8 heteroatoms. The summed E-state index contributed by atoms with van der Waals surface area (Å²) in [6.45, 7) is 3.79. The van der Waals surface area contributed by atoms with Crippen LogP contribution in [0.2, 0.25) is 0 Å². The number of carbonyl (C=O) groups is 1. The van der Waals surface area contributed by atoms with Gasteiger partial charge in [-0.05, 0) is 61.2 Å². The first-order valence-electron chi connectivity index (χ1n) is 8.55. The molecule has 1 heterocycles. The fourth-order valence-corrected chi connectivity index (χ4v) is 4.43. The molecule has 0 fully saturated rings. The van der Waals surface area contributed by atoms with E-state index in [0.717, 1.165) is 16.8 Å². The third-order valence-corrected chi connectivity index (χ3v) is 6.06. The van der Waals surface area contributed by atoms with Crippen LogP contribution < -0.4 is 15.4 Å². The molecule has 0 aliphatic carbocycles. The molecular weight excluding hydrogens is 386 g/mol. The van der Waals surface area contributed by atoms with Crippen LogP contribution in [0, 0.1) is 0 Å². The Balaban J connectivity index is 0.00000261. The lowest BCUT2D eigenvalue weighted by molar-refractivity contribution is -0.116. The van der Waals surface area contributed by atoms with Gasteiger partial charge < -0.3 is 10.6 Å². The molecule has 146 valence electrons. The Kier molecular flexibility index (Phi) is 6.51. The summed E-state index contributed by atoms with van der Waals surface area (Å²) in [5.74, 6) is -0.0338. The van der Waals surface area contributed by atoms with Crippen molar-refractivity contribution in [1.29, 1.82) is 0 Å². The van der Waals surface area contributed by atoms with Gasteiger partial charge >= 0.3 is 0 Å². The fourth-order valence-electron chi connectivity index (χ4n) is 3.35. The predicted molar refractivity (Wildman–Crippen MR) is 110 cm³/mol. The lowest BCUT2D eigenvalue weighted by atomic mass is 10.1. The highest BCUT2D eigenvalue weighted by molar-refractivity contribution is 7.89. The Morgan fingerprint density at radius 1 is 1.22 bits per heavy atom. The topological polar surface area (TPSA) is 92.5 Å². The smallest absolute Gasteiger partial charge is 0.240 e. The van der Waals surface area contributed by atoms with Crippen LogP contribution in [0.1, 0.15) is 25.0 Å². The highest BCUT2D eigenvalue weighted by atomic mass is 35.5. The number of halogens is 1. The molecule has 1 amide bonds. The quantitative estimate of drug-likeness (QED) is 0.742. The van der Waals surface area contributed by atoms with E-state index in [4.69, 9.17) is 5.73 Å². The number of benzene rings is 2. The van der Waals surface area contributed by atoms with Gasteiger partial charge in [-0.15, -0.1) is 12.4 Å². The van der Waals surface area contributed by atoms with E-state index in [9.17, 15) is 13.2 Å². The summed E-state index contributed by atoms with van der Waals surface area (Å²) in [6.07, 6.45) is 1.24. The first-order chi connectivity index (χ1) is 12.3. The van der Waals surface area contributed by atoms with Gasteiger partial charge in [0.1, 0.15) is 0 Å². The number of nitrogens with two attached hydrogens (primary N) is 1. The average molecular weight is 410 g/mol. The summed E-state index contributed by atoms with van der Waals surface area (Å²) in [4.78, 5) is 13.7. The van der Waals surface area contributed by atoms with Gasteiger partial charge in [-0.25, -0.2) is 13.1 Å². The van der Waals surface area contributed by atoms with E-state index >= 15 is 0 Å². The van der Waals surface area contributed by atoms with Crippen LogP contribution in [0.4, 0.5) is 11.4 Å². The van der Waals surface area contributed by atoms with Crippen LogP contribution in [-0.4, -0.2) is 26.9 Å². The molecule has 3 rings (SSSR count). The van der Waals surface area contributed by atoms with Crippen LogP contribution >= 0.6 is 12.4 Å². The number of anilines is 2. The summed E-state index contributed by atoms with van der Waals surface area (Å²) in [5.41, 5.74) is 9.03. The van der Waals surface area contributed by atoms with Crippen molar-refractivity contribution in [3.05, 3.63) is 53.6 Å². The number of carbonyl (C=O) groups excluding carboxylic acids is 1. The zero-order chi connectivity index (χ0) is 18.9. The van der Waals surface area contributed by atoms with Gasteiger partial charge in [0.15, 0.2) is 0 Å². The predicted octanol–water partition coefficient (Wildman–Crippen LogP) is 2.51. The van der Waals surface area contributed by atoms with Crippen molar-refractivity contribution < 1.29 is 13.2 Å². The molecule has 1 unspecified atom stereocenters. The molecule has 0 saturated heterocycles. The number of hydrogen-bond donors (Lipinski definition) is 2. The molecule has 6 nitrogen and oxygen atoms in total. The van der Waals surface area contributed by atoms with Crippen LogP contribution in [-0.2, 0) is 27.7 Å². The molecule has 3 N–H and O–H groups in total. The van der Waals surface area contributed by atoms with Gasteiger partial charge in [0.25, 0.3) is 0 Å². The molecule has 0 bridgehead atoms. The van der Waals surface area contributed by atoms with Gasteiger partial charge in [-0.3, -0.25) is 4.79 Å². The second kappa shape index (κ2) is 8.29. The minimum absolute atomic E-state index is 0. The van der Waals surface area contributed by atoms with Gasteiger partial charge in [-0.2, -0.15) is 0 Å². The van der Waals surface area contributed by atoms with E-state index in [1.165, 1.54) is 6.92 Å². The Labute approximate surface area is 166 Å². The van der Waals surface area contributed by atoms with Gasteiger partial charge in [0.2, 0.25) is 15.9 Å². The lowest BCUT2D eigenvalue weighted by Gasteiger charge is -2.20. The van der Waals surface area contributed by atoms with E-state index < -0.39 is 10.0 Å². The van der Waals surface area contributed by atoms with Crippen molar-refractivity contribution in [3.8, 4) is 0 Å². The van der Waals surface area contributed by atoms with Crippen molar-refractivity contribution in [2.24, 2.45) is 0 Å². The van der Waals surface area contributed by atoms with Crippen LogP contribution in [0.3, 0.4) is 0 Å². The molecule has 0 spiro atoms. The molecule has 0 radical (unpaired) electrons. The van der Waals surface area contributed by atoms with Gasteiger partial charge in [0, 0.05) is 30.9 Å². The molecule has 1 aliphatic rings. The maximum atomic E-state index is 12.6. The lowest BCUT2D eigenvalue weighted by Crippen LogP contribution is -2.33. The Morgan fingerprint density at radius 3 is 2.52 bits per heavy atom. The molecule has 0 saturated carbocycles. The van der Waals surface area contributed by atoms with Crippen molar-refractivity contribution >= 4 is 39.7 Å². The summed E-state index contributed by atoms with van der Waals surface area (Å²) in [7, 11) is -3.59. The Bertz CT molecular complexity index is 930. The van der Waals surface area contributed by atoms with Crippen molar-refractivity contribution in [1.82, 2.24) is 4.72 Å². The average Bonchev–Trinajstić information content (AvgIpc) is 2.91. The summed E-state index contributed by atoms with van der Waals surface area (Å²) in [6, 6.07) is 12.3. The number of amides is 1. The van der Waals surface area contributed by atoms with E-state index in [1.807, 2.05) is 19.1 Å². The Morgan fingerprint density at radius 2 is 1.89 bits per heavy atom. The van der Waals surface area contributed by atoms with Gasteiger partial charge in [-0.1, -0.05) is 12.1 Å². The van der Waals surface area contributed by atoms with Crippen molar-refractivity contribution in [3.63, 3.8) is 0 Å². The van der Waals surface area contributed by atoms with E-state index in [2.05, 4.69) is 4.72 Å². The van der Waals surface area contributed by atoms with Crippen LogP contribution in [0.15, 0.2) is 47.4 Å². The zero-order valence-corrected chi connectivity index (χ0v) is 16.9. The Hall–Kier alpha value is -2.09. The normalized spacial score (nSPS) is 15.9. The van der Waals surface area contributed by atoms with Crippen molar-refractivity contribution in [2.75, 3.05) is 17.2 Å². The van der Waals surface area contributed by atoms with Crippen molar-refractivity contribution in [2.45, 2.75) is 37.6 Å². The number of nitrogen functional groups attached to an aromatic ring is 1. The highest BCUT2D eigenvalue weighted by Crippen LogP contribution is 2.33. The molecule has 1 aliphatic heterocycles. The van der Waals surface area contributed by atoms with E-state index in [0.29, 0.717) is 25.1 Å². The molecular formula is C19H24ClN3O3S. The summed E-state index contributed by atoms with van der Waals surface area (Å²) >= 11 is 0. The number of sulfonamides is 1. The number of nitrogens with one attached hydrogen (secondary N) is 1. The molecule has 0 aromatic heterocycles. The van der Waals surface area contributed by atoms with Crippen LogP contribution in [0.25, 0.3) is 0 Å². The minimum Gasteiger partial charge on any atom is -0.399 e. The zero-order valence-electron chi connectivity index (χ0n) is 15.3. The number of hydrogen-bond acceptors (Lipinski definition) is 4. The monoisotopic (exact) mass is 409 g/mol. The highest BCUT2D eigenvalue weighted by Gasteiger charge is 2.30. The number of nitrogens with zero attached hydrogens (tertiary/aromatic N) is 1. The number of rotatable bonds is 5. The first-order valence-corrected chi connectivity index (χ1v) is 10.0. The maximum absolute atomic E-state index is 12.6. The van der Waals surface area contributed by atoms with Gasteiger partial charge in [0.05, 0.1) is 4.90 Å². The third-order valence-electron chi connectivity index (χ3n) is 4.60. The molecule has 1 atom stereocenters. The second-order valence-electron chi connectivity index (χ2n) is 6.62. The number of fused-ring (bicyclic) bond motifs is 1. The first kappa shape index (κ1) is 21.2. The molecule has 2 aromatic rings. The van der Waals surface area contributed by atoms with Crippen LogP contribution in [0.5, 0.6) is 0 Å². The second-order valence-corrected chi connectivity index (χ2v) is 8.39. The maximum Gasteiger partial charge on any atom is 0.240 e. The fraction of sp³-hybridized carbons (Fsp3) is 0.316. The minimum atomic E-state index is -3.59. The third kappa shape index (κ3) is 4.61. The standard InChI is InChI=1S/C19H23N3O3S.ClH/c1-13-11-16-12-18(7-8-19(16)22(13)14(2)23)26(24,25)21-10-9-15-3-5-17(20)6-4-15;/h3-8,12-13,21H,9-11,20H2,1-2H3;1H. The van der Waals surface area contributed by atoms with E-state index in [1.54, 1.807) is 35.2 Å². The SMILES string of the molecule is CC(=O)N1c2ccc(S(=O)(=O)NCCc3ccc(N)cc3)cc2CC1C.Cl. The summed E-state index contributed by atoms with van der Waals surface area (Å²) in [5, 5.41) is 0. The summed E-state index contributed by atoms with van der Waals surface area (Å²) < 4.78 is 27.8. The van der Waals surface area contributed by atoms with E-state index in [-0.39, 0.29) is 29.3 Å². The molecule has 2 aromatic carbocycles. The largest absolute Gasteiger partial charge is 0.399 e.